The number of carbonyl (C=O) groups excluding carboxylic acids is 1. The number of rotatable bonds is 3. The minimum Gasteiger partial charge on any atom is -0.457 e. The molecule has 8 heteroatoms. The number of thioether (sulfide) groups is 1. The molecule has 0 spiro atoms. The van der Waals surface area contributed by atoms with E-state index in [2.05, 4.69) is 26.3 Å². The van der Waals surface area contributed by atoms with Gasteiger partial charge in [0.1, 0.15) is 17.2 Å². The molecule has 5 rings (SSSR count). The molecule has 2 heterocycles. The van der Waals surface area contributed by atoms with Gasteiger partial charge in [-0.2, -0.15) is 0 Å². The Morgan fingerprint density at radius 3 is 2.65 bits per heavy atom. The van der Waals surface area contributed by atoms with E-state index in [9.17, 15) is 4.79 Å². The molecule has 0 bridgehead atoms. The number of para-hydroxylation sites is 1. The predicted octanol–water partition coefficient (Wildman–Crippen LogP) is 3.75. The molecule has 0 fully saturated rings. The summed E-state index contributed by atoms with van der Waals surface area (Å²) in [6, 6.07) is 23.0. The molecule has 0 unspecified atom stereocenters. The first-order valence-corrected chi connectivity index (χ1v) is 11.6. The van der Waals surface area contributed by atoms with Crippen molar-refractivity contribution in [2.45, 2.75) is 6.17 Å². The average molecular weight is 493 g/mol. The maximum Gasteiger partial charge on any atom is 0.276 e. The van der Waals surface area contributed by atoms with Crippen molar-refractivity contribution in [2.75, 3.05) is 6.26 Å². The van der Waals surface area contributed by atoms with Crippen molar-refractivity contribution in [3.05, 3.63) is 93.4 Å². The third kappa shape index (κ3) is 3.84. The topological polar surface area (TPSA) is 66.3 Å². The highest BCUT2D eigenvalue weighted by Crippen LogP contribution is 2.33. The predicted molar refractivity (Wildman–Crippen MR) is 125 cm³/mol. The smallest absolute Gasteiger partial charge is 0.276 e. The second-order valence-electron chi connectivity index (χ2n) is 6.91. The molecule has 0 saturated carbocycles. The van der Waals surface area contributed by atoms with E-state index in [1.807, 2.05) is 79.1 Å². The van der Waals surface area contributed by atoms with Crippen molar-refractivity contribution in [1.29, 1.82) is 0 Å². The van der Waals surface area contributed by atoms with Gasteiger partial charge in [0.2, 0.25) is 0 Å². The summed E-state index contributed by atoms with van der Waals surface area (Å²) >= 11 is 4.87. The van der Waals surface area contributed by atoms with E-state index in [0.717, 1.165) is 26.4 Å². The highest BCUT2D eigenvalue weighted by atomic mass is 79.9. The lowest BCUT2D eigenvalue weighted by Gasteiger charge is -2.34. The van der Waals surface area contributed by atoms with Crippen LogP contribution in [-0.2, 0) is 4.79 Å². The maximum absolute atomic E-state index is 13.0. The standard InChI is InChI=1S/C23H17BrN4O2S/c1-31-23-26-22(29)20-18-13-15(24)10-11-19(18)25-21(28(20)27-23)14-6-5-9-17(12-14)30-16-7-3-2-4-8-16/h2-13,21H,1H3,(H,26,27,29)/t21-/m0/s1. The second-order valence-corrected chi connectivity index (χ2v) is 8.62. The molecule has 0 aliphatic carbocycles. The van der Waals surface area contributed by atoms with Gasteiger partial charge in [0.15, 0.2) is 11.3 Å². The summed E-state index contributed by atoms with van der Waals surface area (Å²) < 4.78 is 6.88. The number of hydrogen-bond acceptors (Lipinski definition) is 6. The van der Waals surface area contributed by atoms with Crippen LogP contribution in [0.5, 0.6) is 11.5 Å². The number of halogens is 1. The summed E-state index contributed by atoms with van der Waals surface area (Å²) in [4.78, 5) is 17.9. The number of hydrogen-bond donors (Lipinski definition) is 1. The first kappa shape index (κ1) is 19.8. The fourth-order valence-corrected chi connectivity index (χ4v) is 4.25. The zero-order chi connectivity index (χ0) is 21.4. The molecule has 1 atom stereocenters. The lowest BCUT2D eigenvalue weighted by Crippen LogP contribution is -2.50. The van der Waals surface area contributed by atoms with Gasteiger partial charge in [0, 0.05) is 15.3 Å². The van der Waals surface area contributed by atoms with Crippen LogP contribution in [0.15, 0.2) is 87.4 Å². The lowest BCUT2D eigenvalue weighted by molar-refractivity contribution is -0.116. The van der Waals surface area contributed by atoms with Gasteiger partial charge in [-0.05, 0) is 48.7 Å². The number of fused-ring (bicyclic) bond motifs is 2. The van der Waals surface area contributed by atoms with Crippen LogP contribution in [0.25, 0.3) is 5.70 Å². The Morgan fingerprint density at radius 2 is 1.84 bits per heavy atom. The minimum absolute atomic E-state index is 0.199. The molecule has 1 N–H and O–H groups in total. The van der Waals surface area contributed by atoms with Gasteiger partial charge in [-0.3, -0.25) is 15.1 Å². The fourth-order valence-electron chi connectivity index (χ4n) is 3.52. The quantitative estimate of drug-likeness (QED) is 0.604. The normalized spacial score (nSPS) is 17.2. The van der Waals surface area contributed by atoms with Crippen molar-refractivity contribution < 1.29 is 9.53 Å². The van der Waals surface area contributed by atoms with Crippen LogP contribution in [-0.4, -0.2) is 22.3 Å². The Balaban J connectivity index is 1.63. The van der Waals surface area contributed by atoms with Crippen LogP contribution in [0.3, 0.4) is 0 Å². The molecule has 0 saturated heterocycles. The summed E-state index contributed by atoms with van der Waals surface area (Å²) in [7, 11) is 0. The monoisotopic (exact) mass is 492 g/mol. The van der Waals surface area contributed by atoms with Gasteiger partial charge in [-0.15, -0.1) is 5.10 Å². The molecule has 154 valence electrons. The van der Waals surface area contributed by atoms with Crippen LogP contribution in [0.4, 0.5) is 0 Å². The van der Waals surface area contributed by atoms with Crippen LogP contribution in [0.2, 0.25) is 0 Å². The van der Waals surface area contributed by atoms with Crippen molar-refractivity contribution in [3.63, 3.8) is 0 Å². The number of nitrogens with zero attached hydrogens (tertiary/aromatic N) is 3. The van der Waals surface area contributed by atoms with Crippen molar-refractivity contribution in [1.82, 2.24) is 10.3 Å². The summed E-state index contributed by atoms with van der Waals surface area (Å²) in [5, 5.41) is 11.2. The van der Waals surface area contributed by atoms with E-state index >= 15 is 0 Å². The molecule has 6 nitrogen and oxygen atoms in total. The van der Waals surface area contributed by atoms with Gasteiger partial charge in [0.05, 0.1) is 5.36 Å². The average Bonchev–Trinajstić information content (AvgIpc) is 2.79. The maximum atomic E-state index is 13.0. The van der Waals surface area contributed by atoms with E-state index in [1.165, 1.54) is 11.8 Å². The SMILES string of the molecule is CSC1=NN2C(=c3cc(Br)ccc3=N[C@@H]2c2cccc(Oc3ccccc3)c2)C(=O)N1. The third-order valence-corrected chi connectivity index (χ3v) is 5.96. The zero-order valence-corrected chi connectivity index (χ0v) is 18.9. The number of amidine groups is 1. The van der Waals surface area contributed by atoms with Crippen LogP contribution in [0, 0.1) is 0 Å². The molecule has 2 aliphatic rings. The largest absolute Gasteiger partial charge is 0.457 e. The Bertz CT molecular complexity index is 1330. The Hall–Kier alpha value is -3.10. The Labute approximate surface area is 191 Å². The molecule has 3 aromatic carbocycles. The van der Waals surface area contributed by atoms with Crippen molar-refractivity contribution >= 4 is 44.5 Å². The summed E-state index contributed by atoms with van der Waals surface area (Å²) in [6.45, 7) is 0. The van der Waals surface area contributed by atoms with Crippen molar-refractivity contribution in [2.24, 2.45) is 10.1 Å². The molecular formula is C23H17BrN4O2S. The zero-order valence-electron chi connectivity index (χ0n) is 16.4. The summed E-state index contributed by atoms with van der Waals surface area (Å²) in [5.74, 6) is 1.25. The molecule has 3 aromatic rings. The first-order valence-electron chi connectivity index (χ1n) is 9.56. The van der Waals surface area contributed by atoms with Gasteiger partial charge in [-0.25, -0.2) is 5.01 Å². The molecule has 2 aliphatic heterocycles. The molecule has 1 amide bonds. The van der Waals surface area contributed by atoms with Gasteiger partial charge >= 0.3 is 0 Å². The number of benzene rings is 3. The highest BCUT2D eigenvalue weighted by Gasteiger charge is 2.34. The van der Waals surface area contributed by atoms with E-state index in [1.54, 1.807) is 5.01 Å². The minimum atomic E-state index is -0.490. The lowest BCUT2D eigenvalue weighted by atomic mass is 10.1. The first-order chi connectivity index (χ1) is 15.1. The van der Waals surface area contributed by atoms with E-state index in [4.69, 9.17) is 9.73 Å². The number of carbonyl (C=O) groups is 1. The summed E-state index contributed by atoms with van der Waals surface area (Å²) in [5.41, 5.74) is 1.35. The van der Waals surface area contributed by atoms with Crippen LogP contribution < -0.4 is 20.6 Å². The molecular weight excluding hydrogens is 476 g/mol. The van der Waals surface area contributed by atoms with Gasteiger partial charge < -0.3 is 4.74 Å². The summed E-state index contributed by atoms with van der Waals surface area (Å²) in [6.07, 6.45) is 1.38. The molecule has 0 radical (unpaired) electrons. The van der Waals surface area contributed by atoms with E-state index < -0.39 is 6.17 Å². The van der Waals surface area contributed by atoms with Crippen LogP contribution >= 0.6 is 27.7 Å². The van der Waals surface area contributed by atoms with Gasteiger partial charge in [-0.1, -0.05) is 58.0 Å². The Morgan fingerprint density at radius 1 is 1.03 bits per heavy atom. The van der Waals surface area contributed by atoms with E-state index in [-0.39, 0.29) is 5.91 Å². The number of amides is 1. The highest BCUT2D eigenvalue weighted by molar-refractivity contribution is 9.10. The van der Waals surface area contributed by atoms with Gasteiger partial charge in [0.25, 0.3) is 5.91 Å². The van der Waals surface area contributed by atoms with E-state index in [0.29, 0.717) is 16.6 Å². The fraction of sp³-hybridized carbons (Fsp3) is 0.0870. The number of nitrogens with one attached hydrogen (secondary N) is 1. The molecule has 0 aromatic heterocycles. The number of hydrazone groups is 1. The second kappa shape index (κ2) is 8.20. The van der Waals surface area contributed by atoms with Crippen molar-refractivity contribution in [3.8, 4) is 11.5 Å². The number of ether oxygens (including phenoxy) is 1. The molecule has 31 heavy (non-hydrogen) atoms. The Kier molecular flexibility index (Phi) is 5.25. The third-order valence-electron chi connectivity index (χ3n) is 4.90. The van der Waals surface area contributed by atoms with Crippen LogP contribution in [0.1, 0.15) is 11.7 Å².